The smallest absolute Gasteiger partial charge is 0.163 e. The number of hydrogen-bond acceptors (Lipinski definition) is 4. The van der Waals surface area contributed by atoms with E-state index in [1.165, 1.54) is 0 Å². The SMILES string of the molecule is Cc1cc(C2=NCc3ccc(C(=O)CC(C)c4c(Cl)cncc4Cl)cc32)ccn1. The Labute approximate surface area is 179 Å². The van der Waals surface area contributed by atoms with Crippen molar-refractivity contribution in [3.63, 3.8) is 0 Å². The first-order chi connectivity index (χ1) is 13.9. The second-order valence-electron chi connectivity index (χ2n) is 7.27. The highest BCUT2D eigenvalue weighted by molar-refractivity contribution is 6.35. The average Bonchev–Trinajstić information content (AvgIpc) is 3.11. The van der Waals surface area contributed by atoms with E-state index in [-0.39, 0.29) is 11.7 Å². The molecule has 0 saturated carbocycles. The van der Waals surface area contributed by atoms with Gasteiger partial charge in [-0.1, -0.05) is 42.3 Å². The summed E-state index contributed by atoms with van der Waals surface area (Å²) in [5, 5.41) is 0.962. The van der Waals surface area contributed by atoms with Crippen LogP contribution in [0, 0.1) is 6.92 Å². The first kappa shape index (κ1) is 19.7. The van der Waals surface area contributed by atoms with Gasteiger partial charge in [-0.2, -0.15) is 0 Å². The molecule has 0 spiro atoms. The standard InChI is InChI=1S/C23H19Cl2N3O/c1-13(22-19(24)11-26-12-20(22)25)7-21(29)15-3-4-17-10-28-23(18(17)9-15)16-5-6-27-14(2)8-16/h3-6,8-9,11-13H,7,10H2,1-2H3. The lowest BCUT2D eigenvalue weighted by atomic mass is 9.91. The first-order valence-corrected chi connectivity index (χ1v) is 10.1. The summed E-state index contributed by atoms with van der Waals surface area (Å²) >= 11 is 12.5. The van der Waals surface area contributed by atoms with Crippen LogP contribution < -0.4 is 0 Å². The van der Waals surface area contributed by atoms with Gasteiger partial charge in [-0.15, -0.1) is 0 Å². The van der Waals surface area contributed by atoms with Crippen LogP contribution in [0.25, 0.3) is 0 Å². The molecule has 0 N–H and O–H groups in total. The Morgan fingerprint density at radius 3 is 2.62 bits per heavy atom. The molecule has 1 aromatic carbocycles. The lowest BCUT2D eigenvalue weighted by Gasteiger charge is -2.15. The van der Waals surface area contributed by atoms with Crippen LogP contribution >= 0.6 is 23.2 Å². The molecule has 29 heavy (non-hydrogen) atoms. The van der Waals surface area contributed by atoms with Crippen molar-refractivity contribution in [1.29, 1.82) is 0 Å². The number of carbonyl (C=O) groups is 1. The van der Waals surface area contributed by atoms with Gasteiger partial charge in [0, 0.05) is 47.4 Å². The summed E-state index contributed by atoms with van der Waals surface area (Å²) in [6.45, 7) is 4.53. The molecule has 0 radical (unpaired) electrons. The number of ketones is 1. The number of aliphatic imine (C=N–C) groups is 1. The average molecular weight is 424 g/mol. The highest BCUT2D eigenvalue weighted by Gasteiger charge is 2.22. The van der Waals surface area contributed by atoms with E-state index in [0.29, 0.717) is 28.6 Å². The van der Waals surface area contributed by atoms with E-state index in [1.807, 2.05) is 44.2 Å². The minimum atomic E-state index is -0.116. The molecular formula is C23H19Cl2N3O. The van der Waals surface area contributed by atoms with Crippen molar-refractivity contribution < 1.29 is 4.79 Å². The van der Waals surface area contributed by atoms with Crippen LogP contribution in [0.2, 0.25) is 10.0 Å². The molecule has 0 bridgehead atoms. The Kier molecular flexibility index (Phi) is 5.48. The fourth-order valence-electron chi connectivity index (χ4n) is 3.69. The third kappa shape index (κ3) is 3.96. The Morgan fingerprint density at radius 1 is 1.14 bits per heavy atom. The number of halogens is 2. The molecule has 146 valence electrons. The van der Waals surface area contributed by atoms with Gasteiger partial charge in [-0.3, -0.25) is 19.8 Å². The number of benzene rings is 1. The molecule has 2 aromatic heterocycles. The van der Waals surface area contributed by atoms with Gasteiger partial charge >= 0.3 is 0 Å². The maximum atomic E-state index is 13.0. The largest absolute Gasteiger partial charge is 0.294 e. The Morgan fingerprint density at radius 2 is 1.90 bits per heavy atom. The van der Waals surface area contributed by atoms with Crippen LogP contribution in [0.1, 0.15) is 57.6 Å². The molecule has 1 unspecified atom stereocenters. The highest BCUT2D eigenvalue weighted by atomic mass is 35.5. The summed E-state index contributed by atoms with van der Waals surface area (Å²) in [7, 11) is 0. The number of rotatable bonds is 5. The summed E-state index contributed by atoms with van der Waals surface area (Å²) in [6, 6.07) is 9.77. The number of aryl methyl sites for hydroxylation is 1. The normalized spacial score (nSPS) is 13.7. The molecule has 0 amide bonds. The summed E-state index contributed by atoms with van der Waals surface area (Å²) in [4.78, 5) is 25.9. The van der Waals surface area contributed by atoms with Gasteiger partial charge < -0.3 is 0 Å². The van der Waals surface area contributed by atoms with Crippen molar-refractivity contribution in [1.82, 2.24) is 9.97 Å². The van der Waals surface area contributed by atoms with E-state index in [4.69, 9.17) is 23.2 Å². The van der Waals surface area contributed by atoms with E-state index < -0.39 is 0 Å². The summed E-state index contributed by atoms with van der Waals surface area (Å²) in [5.41, 5.74) is 6.42. The van der Waals surface area contributed by atoms with Gasteiger partial charge in [0.25, 0.3) is 0 Å². The van der Waals surface area contributed by atoms with E-state index in [1.54, 1.807) is 18.6 Å². The van der Waals surface area contributed by atoms with Crippen molar-refractivity contribution in [3.05, 3.63) is 92.5 Å². The fraction of sp³-hybridized carbons (Fsp3) is 0.217. The fourth-order valence-corrected chi connectivity index (χ4v) is 4.42. The maximum absolute atomic E-state index is 13.0. The van der Waals surface area contributed by atoms with Gasteiger partial charge in [0.15, 0.2) is 5.78 Å². The van der Waals surface area contributed by atoms with Crippen molar-refractivity contribution in [3.8, 4) is 0 Å². The number of pyridine rings is 2. The molecular weight excluding hydrogens is 405 g/mol. The summed E-state index contributed by atoms with van der Waals surface area (Å²) in [5.74, 6) is -0.0730. The van der Waals surface area contributed by atoms with E-state index in [2.05, 4.69) is 15.0 Å². The topological polar surface area (TPSA) is 55.2 Å². The van der Waals surface area contributed by atoms with Gasteiger partial charge in [-0.05, 0) is 42.2 Å². The lowest BCUT2D eigenvalue weighted by molar-refractivity contribution is 0.0975. The van der Waals surface area contributed by atoms with Crippen LogP contribution in [0.4, 0.5) is 0 Å². The third-order valence-corrected chi connectivity index (χ3v) is 5.74. The minimum Gasteiger partial charge on any atom is -0.294 e. The second-order valence-corrected chi connectivity index (χ2v) is 8.08. The second kappa shape index (κ2) is 8.05. The Bertz CT molecular complexity index is 1120. The molecule has 6 heteroatoms. The molecule has 4 rings (SSSR count). The highest BCUT2D eigenvalue weighted by Crippen LogP contribution is 2.33. The van der Waals surface area contributed by atoms with Gasteiger partial charge in [-0.25, -0.2) is 0 Å². The first-order valence-electron chi connectivity index (χ1n) is 9.37. The van der Waals surface area contributed by atoms with Crippen molar-refractivity contribution >= 4 is 34.7 Å². The molecule has 0 saturated heterocycles. The number of carbonyl (C=O) groups excluding carboxylic acids is 1. The molecule has 1 aliphatic rings. The molecule has 3 aromatic rings. The van der Waals surface area contributed by atoms with Gasteiger partial charge in [0.05, 0.1) is 22.3 Å². The number of aromatic nitrogens is 2. The zero-order valence-corrected chi connectivity index (χ0v) is 17.6. The zero-order valence-electron chi connectivity index (χ0n) is 16.1. The van der Waals surface area contributed by atoms with Crippen molar-refractivity contribution in [2.75, 3.05) is 0 Å². The van der Waals surface area contributed by atoms with Crippen molar-refractivity contribution in [2.24, 2.45) is 4.99 Å². The van der Waals surface area contributed by atoms with Crippen LogP contribution in [-0.2, 0) is 6.54 Å². The number of Topliss-reactive ketones (excluding diaryl/α,β-unsaturated/α-hetero) is 1. The molecule has 0 aliphatic carbocycles. The maximum Gasteiger partial charge on any atom is 0.163 e. The molecule has 0 fully saturated rings. The Balaban J connectivity index is 1.60. The van der Waals surface area contributed by atoms with Gasteiger partial charge in [0.2, 0.25) is 0 Å². The van der Waals surface area contributed by atoms with E-state index in [0.717, 1.165) is 33.7 Å². The predicted octanol–water partition coefficient (Wildman–Crippen LogP) is 5.82. The van der Waals surface area contributed by atoms with E-state index in [9.17, 15) is 4.79 Å². The number of nitrogens with zero attached hydrogens (tertiary/aromatic N) is 3. The molecule has 1 atom stereocenters. The van der Waals surface area contributed by atoms with E-state index >= 15 is 0 Å². The molecule has 4 nitrogen and oxygen atoms in total. The number of fused-ring (bicyclic) bond motifs is 1. The molecule has 3 heterocycles. The minimum absolute atomic E-state index is 0.0430. The number of hydrogen-bond donors (Lipinski definition) is 0. The van der Waals surface area contributed by atoms with Crippen LogP contribution in [-0.4, -0.2) is 21.5 Å². The van der Waals surface area contributed by atoms with Crippen LogP contribution in [0.5, 0.6) is 0 Å². The summed E-state index contributed by atoms with van der Waals surface area (Å²) in [6.07, 6.45) is 5.20. The monoisotopic (exact) mass is 423 g/mol. The summed E-state index contributed by atoms with van der Waals surface area (Å²) < 4.78 is 0. The van der Waals surface area contributed by atoms with Crippen LogP contribution in [0.3, 0.4) is 0 Å². The third-order valence-electron chi connectivity index (χ3n) is 5.14. The van der Waals surface area contributed by atoms with Crippen LogP contribution in [0.15, 0.2) is 53.9 Å². The predicted molar refractivity (Wildman–Crippen MR) is 116 cm³/mol. The van der Waals surface area contributed by atoms with Crippen molar-refractivity contribution in [2.45, 2.75) is 32.7 Å². The Hall–Kier alpha value is -2.56. The quantitative estimate of drug-likeness (QED) is 0.485. The lowest BCUT2D eigenvalue weighted by Crippen LogP contribution is -2.09. The molecule has 1 aliphatic heterocycles. The van der Waals surface area contributed by atoms with Gasteiger partial charge in [0.1, 0.15) is 0 Å². The zero-order chi connectivity index (χ0) is 20.5.